The van der Waals surface area contributed by atoms with Crippen LogP contribution in [0.4, 0.5) is 28.4 Å². The highest BCUT2D eigenvalue weighted by Crippen LogP contribution is 2.51. The van der Waals surface area contributed by atoms with Crippen LogP contribution in [0, 0.1) is 0 Å². The van der Waals surface area contributed by atoms with E-state index in [2.05, 4.69) is 114 Å². The highest BCUT2D eigenvalue weighted by Gasteiger charge is 2.25. The molecule has 3 nitrogen and oxygen atoms in total. The second-order valence-corrected chi connectivity index (χ2v) is 9.38. The third-order valence-corrected chi connectivity index (χ3v) is 7.35. The van der Waals surface area contributed by atoms with Crippen LogP contribution < -0.4 is 16.4 Å². The summed E-state index contributed by atoms with van der Waals surface area (Å²) in [6.45, 7) is 0. The van der Waals surface area contributed by atoms with E-state index in [4.69, 9.17) is 11.5 Å². The van der Waals surface area contributed by atoms with Crippen LogP contribution in [-0.2, 0) is 0 Å². The molecule has 3 heteroatoms. The average molecular weight is 476 g/mol. The fraction of sp³-hybridized carbons (Fsp3) is 0. The van der Waals surface area contributed by atoms with Crippen molar-refractivity contribution in [3.05, 3.63) is 127 Å². The molecular weight excluding hydrogens is 450 g/mol. The van der Waals surface area contributed by atoms with Gasteiger partial charge in [-0.05, 0) is 33.7 Å². The van der Waals surface area contributed by atoms with Gasteiger partial charge in [0.1, 0.15) is 0 Å². The Bertz CT molecular complexity index is 1830. The third kappa shape index (κ3) is 3.14. The van der Waals surface area contributed by atoms with Crippen LogP contribution in [0.2, 0.25) is 0 Å². The predicted octanol–water partition coefficient (Wildman–Crippen LogP) is 8.93. The van der Waals surface area contributed by atoms with Gasteiger partial charge >= 0.3 is 0 Å². The first-order valence-corrected chi connectivity index (χ1v) is 12.5. The molecule has 0 amide bonds. The number of hydrogen-bond donors (Lipinski definition) is 2. The van der Waals surface area contributed by atoms with Crippen LogP contribution in [0.25, 0.3) is 43.1 Å². The third-order valence-electron chi connectivity index (χ3n) is 7.35. The Morgan fingerprint density at radius 2 is 0.622 bits per heavy atom. The van der Waals surface area contributed by atoms with E-state index < -0.39 is 0 Å². The highest BCUT2D eigenvalue weighted by atomic mass is 15.2. The molecule has 7 rings (SSSR count). The smallest absolute Gasteiger partial charge is 0.0777 e. The van der Waals surface area contributed by atoms with Crippen molar-refractivity contribution in [3.8, 4) is 0 Å². The molecule has 0 saturated carbocycles. The Morgan fingerprint density at radius 3 is 1.03 bits per heavy atom. The maximum atomic E-state index is 7.08. The largest absolute Gasteiger partial charge is 0.397 e. The number of benzene rings is 7. The van der Waals surface area contributed by atoms with Crippen molar-refractivity contribution >= 4 is 71.5 Å². The SMILES string of the molecule is Nc1c(N(c2ccccc2)c2c(N)c3ccccc3c3ccccc23)c2ccccc2c2ccccc12. The molecule has 0 aliphatic carbocycles. The molecule has 0 spiro atoms. The van der Waals surface area contributed by atoms with Gasteiger partial charge in [-0.1, -0.05) is 115 Å². The summed E-state index contributed by atoms with van der Waals surface area (Å²) in [7, 11) is 0. The summed E-state index contributed by atoms with van der Waals surface area (Å²) >= 11 is 0. The van der Waals surface area contributed by atoms with E-state index in [1.54, 1.807) is 0 Å². The molecule has 37 heavy (non-hydrogen) atoms. The second-order valence-electron chi connectivity index (χ2n) is 9.38. The predicted molar refractivity (Wildman–Crippen MR) is 160 cm³/mol. The zero-order valence-corrected chi connectivity index (χ0v) is 20.2. The van der Waals surface area contributed by atoms with Crippen LogP contribution >= 0.6 is 0 Å². The molecule has 0 radical (unpaired) electrons. The molecule has 0 aliphatic rings. The second kappa shape index (κ2) is 8.28. The van der Waals surface area contributed by atoms with E-state index in [-0.39, 0.29) is 0 Å². The molecule has 0 atom stereocenters. The van der Waals surface area contributed by atoms with E-state index in [1.165, 1.54) is 0 Å². The van der Waals surface area contributed by atoms with Crippen LogP contribution in [0.15, 0.2) is 127 Å². The first-order chi connectivity index (χ1) is 18.2. The van der Waals surface area contributed by atoms with Gasteiger partial charge in [-0.25, -0.2) is 0 Å². The van der Waals surface area contributed by atoms with Gasteiger partial charge in [0.2, 0.25) is 0 Å². The molecule has 4 N–H and O–H groups in total. The Balaban J connectivity index is 1.71. The van der Waals surface area contributed by atoms with Gasteiger partial charge in [0.15, 0.2) is 0 Å². The van der Waals surface area contributed by atoms with E-state index in [1.807, 2.05) is 18.2 Å². The lowest BCUT2D eigenvalue weighted by Gasteiger charge is -2.31. The number of fused-ring (bicyclic) bond motifs is 6. The van der Waals surface area contributed by atoms with Crippen molar-refractivity contribution in [3.63, 3.8) is 0 Å². The molecule has 0 heterocycles. The summed E-state index contributed by atoms with van der Waals surface area (Å²) in [6, 6.07) is 44.1. The lowest BCUT2D eigenvalue weighted by atomic mass is 9.94. The van der Waals surface area contributed by atoms with Crippen LogP contribution in [0.1, 0.15) is 0 Å². The van der Waals surface area contributed by atoms with Gasteiger partial charge in [-0.2, -0.15) is 0 Å². The quantitative estimate of drug-likeness (QED) is 0.152. The molecule has 0 aliphatic heterocycles. The summed E-state index contributed by atoms with van der Waals surface area (Å²) in [6.07, 6.45) is 0. The van der Waals surface area contributed by atoms with Gasteiger partial charge in [-0.15, -0.1) is 0 Å². The van der Waals surface area contributed by atoms with Gasteiger partial charge in [0, 0.05) is 27.2 Å². The van der Waals surface area contributed by atoms with Gasteiger partial charge in [-0.3, -0.25) is 0 Å². The van der Waals surface area contributed by atoms with Crippen LogP contribution in [0.5, 0.6) is 0 Å². The van der Waals surface area contributed by atoms with Crippen LogP contribution in [-0.4, -0.2) is 0 Å². The number of rotatable bonds is 3. The van der Waals surface area contributed by atoms with E-state index in [9.17, 15) is 0 Å². The Kier molecular flexibility index (Phi) is 4.76. The summed E-state index contributed by atoms with van der Waals surface area (Å²) in [5, 5.41) is 8.83. The Hall–Kier alpha value is -5.02. The topological polar surface area (TPSA) is 55.3 Å². The molecule has 176 valence electrons. The lowest BCUT2D eigenvalue weighted by Crippen LogP contribution is -2.15. The van der Waals surface area contributed by atoms with Crippen molar-refractivity contribution in [2.45, 2.75) is 0 Å². The number of hydrogen-bond acceptors (Lipinski definition) is 3. The number of nitrogen functional groups attached to an aromatic ring is 2. The minimum absolute atomic E-state index is 0.731. The summed E-state index contributed by atoms with van der Waals surface area (Å²) in [5.74, 6) is 0. The van der Waals surface area contributed by atoms with E-state index >= 15 is 0 Å². The first kappa shape index (κ1) is 21.3. The number of nitrogens with two attached hydrogens (primary N) is 2. The summed E-state index contributed by atoms with van der Waals surface area (Å²) in [5.41, 5.74) is 18.5. The summed E-state index contributed by atoms with van der Waals surface area (Å²) < 4.78 is 0. The number of para-hydroxylation sites is 1. The van der Waals surface area contributed by atoms with Crippen molar-refractivity contribution in [1.29, 1.82) is 0 Å². The number of anilines is 5. The first-order valence-electron chi connectivity index (χ1n) is 12.5. The maximum Gasteiger partial charge on any atom is 0.0777 e. The monoisotopic (exact) mass is 475 g/mol. The molecule has 7 aromatic carbocycles. The van der Waals surface area contributed by atoms with Gasteiger partial charge in [0.25, 0.3) is 0 Å². The van der Waals surface area contributed by atoms with E-state index in [0.717, 1.165) is 71.5 Å². The molecule has 7 aromatic rings. The minimum atomic E-state index is 0.731. The van der Waals surface area contributed by atoms with Crippen molar-refractivity contribution in [2.75, 3.05) is 16.4 Å². The maximum absolute atomic E-state index is 7.08. The Labute approximate surface area is 215 Å². The zero-order chi connectivity index (χ0) is 24.9. The van der Waals surface area contributed by atoms with Crippen molar-refractivity contribution < 1.29 is 0 Å². The molecule has 0 saturated heterocycles. The van der Waals surface area contributed by atoms with Crippen LogP contribution in [0.3, 0.4) is 0 Å². The lowest BCUT2D eigenvalue weighted by molar-refractivity contribution is 1.32. The van der Waals surface area contributed by atoms with Gasteiger partial charge < -0.3 is 16.4 Å². The highest BCUT2D eigenvalue weighted by molar-refractivity contribution is 6.25. The van der Waals surface area contributed by atoms with Gasteiger partial charge in [0.05, 0.1) is 22.7 Å². The molecule has 0 aromatic heterocycles. The number of nitrogens with zero attached hydrogens (tertiary/aromatic N) is 1. The fourth-order valence-corrected chi connectivity index (χ4v) is 5.73. The summed E-state index contributed by atoms with van der Waals surface area (Å²) in [4.78, 5) is 2.26. The van der Waals surface area contributed by atoms with Crippen molar-refractivity contribution in [2.24, 2.45) is 0 Å². The fourth-order valence-electron chi connectivity index (χ4n) is 5.73. The molecule has 0 bridgehead atoms. The zero-order valence-electron chi connectivity index (χ0n) is 20.2. The Morgan fingerprint density at radius 1 is 0.324 bits per heavy atom. The van der Waals surface area contributed by atoms with E-state index in [0.29, 0.717) is 0 Å². The molecule has 0 fully saturated rings. The molecular formula is C34H25N3. The average Bonchev–Trinajstić information content (AvgIpc) is 2.97. The minimum Gasteiger partial charge on any atom is -0.397 e. The van der Waals surface area contributed by atoms with Crippen molar-refractivity contribution in [1.82, 2.24) is 0 Å². The normalized spacial score (nSPS) is 11.5. The molecule has 0 unspecified atom stereocenters. The standard InChI is InChI=1S/C34H25N3/c35-31-27-18-8-4-14-23(27)25-16-6-10-20-29(25)33(31)37(22-12-2-1-3-13-22)34-30-21-11-7-17-26(30)24-15-5-9-19-28(24)32(34)36/h1-21H,35-36H2.